The number of nitrogens with one attached hydrogen (secondary N) is 2. The van der Waals surface area contributed by atoms with Crippen LogP contribution in [0.5, 0.6) is 11.5 Å². The highest BCUT2D eigenvalue weighted by Gasteiger charge is 2.14. The Kier molecular flexibility index (Phi) is 8.32. The molecular formula is C21H25BrN2O4. The molecule has 0 aliphatic heterocycles. The lowest BCUT2D eigenvalue weighted by molar-refractivity contribution is -0.123. The van der Waals surface area contributed by atoms with Gasteiger partial charge in [0.05, 0.1) is 12.2 Å². The van der Waals surface area contributed by atoms with E-state index in [4.69, 9.17) is 9.47 Å². The number of halogens is 1. The number of benzene rings is 2. The lowest BCUT2D eigenvalue weighted by Crippen LogP contribution is -2.44. The maximum Gasteiger partial charge on any atom is 0.276 e. The number of unbranched alkanes of at least 4 members (excludes halogenated alkanes) is 1. The minimum Gasteiger partial charge on any atom is -0.493 e. The number of rotatable bonds is 8. The second kappa shape index (κ2) is 10.7. The first-order valence-corrected chi connectivity index (χ1v) is 9.91. The van der Waals surface area contributed by atoms with Crippen LogP contribution in [0.2, 0.25) is 0 Å². The molecule has 0 saturated carbocycles. The zero-order valence-electron chi connectivity index (χ0n) is 16.3. The number of hydrogen-bond acceptors (Lipinski definition) is 4. The van der Waals surface area contributed by atoms with Crippen LogP contribution in [-0.4, -0.2) is 25.0 Å². The van der Waals surface area contributed by atoms with Crippen molar-refractivity contribution < 1.29 is 19.1 Å². The van der Waals surface area contributed by atoms with Gasteiger partial charge in [-0.1, -0.05) is 47.0 Å². The maximum atomic E-state index is 12.5. The van der Waals surface area contributed by atoms with Crippen molar-refractivity contribution in [2.24, 2.45) is 0 Å². The summed E-state index contributed by atoms with van der Waals surface area (Å²) in [4.78, 5) is 24.5. The quantitative estimate of drug-likeness (QED) is 0.470. The molecule has 0 spiro atoms. The van der Waals surface area contributed by atoms with Crippen LogP contribution in [0.4, 0.5) is 0 Å². The largest absolute Gasteiger partial charge is 0.493 e. The van der Waals surface area contributed by atoms with Crippen molar-refractivity contribution in [1.82, 2.24) is 10.9 Å². The third-order valence-electron chi connectivity index (χ3n) is 3.95. The van der Waals surface area contributed by atoms with Gasteiger partial charge in [-0.05, 0) is 50.1 Å². The molecule has 0 bridgehead atoms. The normalized spacial score (nSPS) is 10.3. The Balaban J connectivity index is 1.90. The van der Waals surface area contributed by atoms with Crippen molar-refractivity contribution in [3.63, 3.8) is 0 Å². The Morgan fingerprint density at radius 2 is 1.75 bits per heavy atom. The summed E-state index contributed by atoms with van der Waals surface area (Å²) in [5.74, 6) is 0.171. The lowest BCUT2D eigenvalue weighted by atomic mass is 10.1. The Morgan fingerprint density at radius 3 is 2.46 bits per heavy atom. The second-order valence-corrected chi connectivity index (χ2v) is 7.32. The summed E-state index contributed by atoms with van der Waals surface area (Å²) in [7, 11) is 0. The molecule has 6 nitrogen and oxygen atoms in total. The van der Waals surface area contributed by atoms with E-state index in [2.05, 4.69) is 33.7 Å². The number of hydrogen-bond donors (Lipinski definition) is 2. The Labute approximate surface area is 173 Å². The maximum absolute atomic E-state index is 12.5. The second-order valence-electron chi connectivity index (χ2n) is 6.40. The number of hydrazine groups is 1. The topological polar surface area (TPSA) is 76.7 Å². The first kappa shape index (κ1) is 21.8. The van der Waals surface area contributed by atoms with Crippen LogP contribution in [0.25, 0.3) is 0 Å². The van der Waals surface area contributed by atoms with E-state index in [-0.39, 0.29) is 6.61 Å². The van der Waals surface area contributed by atoms with Crippen LogP contribution in [-0.2, 0) is 4.79 Å². The van der Waals surface area contributed by atoms with Crippen molar-refractivity contribution in [2.45, 2.75) is 33.6 Å². The van der Waals surface area contributed by atoms with Gasteiger partial charge in [-0.3, -0.25) is 20.4 Å². The van der Waals surface area contributed by atoms with Crippen LogP contribution in [0, 0.1) is 13.8 Å². The fraction of sp³-hybridized carbons (Fsp3) is 0.333. The molecule has 0 aliphatic rings. The van der Waals surface area contributed by atoms with Gasteiger partial charge >= 0.3 is 0 Å². The van der Waals surface area contributed by atoms with E-state index in [1.54, 1.807) is 18.2 Å². The molecule has 7 heteroatoms. The summed E-state index contributed by atoms with van der Waals surface area (Å²) in [6.07, 6.45) is 1.89. The van der Waals surface area contributed by atoms with Gasteiger partial charge in [-0.2, -0.15) is 0 Å². The predicted molar refractivity (Wildman–Crippen MR) is 112 cm³/mol. The number of aryl methyl sites for hydroxylation is 2. The van der Waals surface area contributed by atoms with Crippen molar-refractivity contribution >= 4 is 27.7 Å². The van der Waals surface area contributed by atoms with Gasteiger partial charge in [0, 0.05) is 4.47 Å². The van der Waals surface area contributed by atoms with Crippen molar-refractivity contribution in [3.8, 4) is 11.5 Å². The zero-order chi connectivity index (χ0) is 20.5. The highest BCUT2D eigenvalue weighted by Crippen LogP contribution is 2.23. The van der Waals surface area contributed by atoms with E-state index >= 15 is 0 Å². The van der Waals surface area contributed by atoms with Crippen LogP contribution in [0.1, 0.15) is 41.3 Å². The van der Waals surface area contributed by atoms with Crippen molar-refractivity contribution in [3.05, 3.63) is 57.6 Å². The molecule has 2 N–H and O–H groups in total. The molecule has 2 aromatic carbocycles. The molecule has 150 valence electrons. The first-order valence-electron chi connectivity index (χ1n) is 9.12. The van der Waals surface area contributed by atoms with E-state index in [9.17, 15) is 9.59 Å². The zero-order valence-corrected chi connectivity index (χ0v) is 17.9. The van der Waals surface area contributed by atoms with Crippen molar-refractivity contribution in [2.75, 3.05) is 13.2 Å². The van der Waals surface area contributed by atoms with Gasteiger partial charge in [0.2, 0.25) is 0 Å². The average molecular weight is 449 g/mol. The highest BCUT2D eigenvalue weighted by atomic mass is 79.9. The average Bonchev–Trinajstić information content (AvgIpc) is 2.66. The Morgan fingerprint density at radius 1 is 1.00 bits per heavy atom. The standard InChI is InChI=1S/C21H25BrN2O4/c1-4-5-10-27-19-9-7-16(22)12-17(19)21(26)24-23-20(25)13-28-18-8-6-14(2)11-15(18)3/h6-9,11-12H,4-5,10,13H2,1-3H3,(H,23,25)(H,24,26). The molecule has 0 saturated heterocycles. The van der Waals surface area contributed by atoms with E-state index in [0.717, 1.165) is 28.4 Å². The molecule has 0 aliphatic carbocycles. The Bertz CT molecular complexity index is 839. The van der Waals surface area contributed by atoms with Crippen LogP contribution >= 0.6 is 15.9 Å². The van der Waals surface area contributed by atoms with Crippen LogP contribution in [0.15, 0.2) is 40.9 Å². The summed E-state index contributed by atoms with van der Waals surface area (Å²) in [5, 5.41) is 0. The molecule has 28 heavy (non-hydrogen) atoms. The van der Waals surface area contributed by atoms with Gasteiger partial charge < -0.3 is 9.47 Å². The van der Waals surface area contributed by atoms with Gasteiger partial charge in [0.25, 0.3) is 11.8 Å². The lowest BCUT2D eigenvalue weighted by Gasteiger charge is -2.13. The van der Waals surface area contributed by atoms with Gasteiger partial charge in [-0.15, -0.1) is 0 Å². The van der Waals surface area contributed by atoms with E-state index in [0.29, 0.717) is 23.7 Å². The molecule has 2 amide bonds. The monoisotopic (exact) mass is 448 g/mol. The molecule has 2 aromatic rings. The van der Waals surface area contributed by atoms with Gasteiger partial charge in [0.15, 0.2) is 6.61 Å². The van der Waals surface area contributed by atoms with Crippen molar-refractivity contribution in [1.29, 1.82) is 0 Å². The molecule has 0 unspecified atom stereocenters. The highest BCUT2D eigenvalue weighted by molar-refractivity contribution is 9.10. The van der Waals surface area contributed by atoms with E-state index in [1.807, 2.05) is 32.0 Å². The first-order chi connectivity index (χ1) is 13.4. The minimum absolute atomic E-state index is 0.206. The van der Waals surface area contributed by atoms with E-state index in [1.165, 1.54) is 0 Å². The SMILES string of the molecule is CCCCOc1ccc(Br)cc1C(=O)NNC(=O)COc1ccc(C)cc1C. The Hall–Kier alpha value is -2.54. The summed E-state index contributed by atoms with van der Waals surface area (Å²) >= 11 is 3.35. The predicted octanol–water partition coefficient (Wildman–Crippen LogP) is 4.08. The number of ether oxygens (including phenoxy) is 2. The molecule has 0 heterocycles. The van der Waals surface area contributed by atoms with Crippen LogP contribution < -0.4 is 20.3 Å². The number of amides is 2. The molecule has 0 atom stereocenters. The van der Waals surface area contributed by atoms with E-state index < -0.39 is 11.8 Å². The van der Waals surface area contributed by atoms with Gasteiger partial charge in [-0.25, -0.2) is 0 Å². The molecular weight excluding hydrogens is 424 g/mol. The smallest absolute Gasteiger partial charge is 0.276 e. The number of carbonyl (C=O) groups is 2. The number of carbonyl (C=O) groups excluding carboxylic acids is 2. The molecule has 0 aromatic heterocycles. The third-order valence-corrected chi connectivity index (χ3v) is 4.44. The molecule has 0 fully saturated rings. The summed E-state index contributed by atoms with van der Waals surface area (Å²) in [5.41, 5.74) is 7.16. The summed E-state index contributed by atoms with van der Waals surface area (Å²) in [6.45, 7) is 6.28. The minimum atomic E-state index is -0.465. The summed E-state index contributed by atoms with van der Waals surface area (Å²) < 4.78 is 11.9. The fourth-order valence-corrected chi connectivity index (χ4v) is 2.83. The summed E-state index contributed by atoms with van der Waals surface area (Å²) in [6, 6.07) is 10.9. The third kappa shape index (κ3) is 6.56. The fourth-order valence-electron chi connectivity index (χ4n) is 2.47. The van der Waals surface area contributed by atoms with Crippen LogP contribution in [0.3, 0.4) is 0 Å². The molecule has 0 radical (unpaired) electrons. The van der Waals surface area contributed by atoms with Gasteiger partial charge in [0.1, 0.15) is 11.5 Å². The molecule has 2 rings (SSSR count).